The summed E-state index contributed by atoms with van der Waals surface area (Å²) in [5.41, 5.74) is 4.25. The molecule has 0 saturated heterocycles. The predicted molar refractivity (Wildman–Crippen MR) is 102 cm³/mol. The zero-order valence-corrected chi connectivity index (χ0v) is 15.7. The van der Waals surface area contributed by atoms with Gasteiger partial charge in [-0.1, -0.05) is 30.7 Å². The van der Waals surface area contributed by atoms with Crippen LogP contribution in [0.4, 0.5) is 18.9 Å². The number of nitrogens with one attached hydrogen (secondary N) is 2. The number of rotatable bonds is 4. The summed E-state index contributed by atoms with van der Waals surface area (Å²) in [5.74, 6) is -0.490. The van der Waals surface area contributed by atoms with Crippen molar-refractivity contribution in [3.8, 4) is 11.3 Å². The highest BCUT2D eigenvalue weighted by atomic mass is 19.4. The van der Waals surface area contributed by atoms with Gasteiger partial charge in [-0.05, 0) is 50.1 Å². The molecule has 3 aromatic rings. The molecule has 0 saturated carbocycles. The molecule has 1 aromatic heterocycles. The fourth-order valence-corrected chi connectivity index (χ4v) is 3.04. The van der Waals surface area contributed by atoms with Crippen LogP contribution in [0.5, 0.6) is 0 Å². The van der Waals surface area contributed by atoms with E-state index in [0.29, 0.717) is 17.8 Å². The van der Waals surface area contributed by atoms with E-state index in [9.17, 15) is 18.0 Å². The maximum absolute atomic E-state index is 12.7. The topological polar surface area (TPSA) is 57.8 Å². The van der Waals surface area contributed by atoms with E-state index >= 15 is 0 Å². The van der Waals surface area contributed by atoms with Crippen LogP contribution < -0.4 is 5.32 Å². The van der Waals surface area contributed by atoms with Crippen LogP contribution in [0.1, 0.15) is 39.7 Å². The Morgan fingerprint density at radius 3 is 2.36 bits per heavy atom. The smallest absolute Gasteiger partial charge is 0.319 e. The van der Waals surface area contributed by atoms with Crippen molar-refractivity contribution in [3.63, 3.8) is 0 Å². The van der Waals surface area contributed by atoms with Crippen LogP contribution in [0, 0.1) is 13.8 Å². The summed E-state index contributed by atoms with van der Waals surface area (Å²) in [4.78, 5) is 12.6. The monoisotopic (exact) mass is 387 g/mol. The third-order valence-electron chi connectivity index (χ3n) is 4.54. The van der Waals surface area contributed by atoms with Gasteiger partial charge in [0.1, 0.15) is 5.69 Å². The summed E-state index contributed by atoms with van der Waals surface area (Å²) < 4.78 is 38.2. The number of aromatic nitrogens is 2. The SMILES string of the molecule is CCc1[nH]nc(-c2ccc(C)cc2C)c1NC(=O)c1ccc(C(F)(F)F)cc1. The lowest BCUT2D eigenvalue weighted by Crippen LogP contribution is -2.14. The van der Waals surface area contributed by atoms with Gasteiger partial charge in [0.2, 0.25) is 0 Å². The second-order valence-electron chi connectivity index (χ2n) is 6.63. The van der Waals surface area contributed by atoms with Crippen molar-refractivity contribution in [1.29, 1.82) is 0 Å². The molecule has 1 heterocycles. The van der Waals surface area contributed by atoms with E-state index in [2.05, 4.69) is 15.5 Å². The van der Waals surface area contributed by atoms with Crippen LogP contribution in [0.3, 0.4) is 0 Å². The number of alkyl halides is 3. The number of carbonyl (C=O) groups excluding carboxylic acids is 1. The molecule has 0 atom stereocenters. The number of hydrogen-bond donors (Lipinski definition) is 2. The zero-order chi connectivity index (χ0) is 20.5. The van der Waals surface area contributed by atoms with Gasteiger partial charge in [0, 0.05) is 11.1 Å². The average Bonchev–Trinajstić information content (AvgIpc) is 3.03. The van der Waals surface area contributed by atoms with Gasteiger partial charge in [-0.25, -0.2) is 0 Å². The number of carbonyl (C=O) groups is 1. The molecule has 7 heteroatoms. The summed E-state index contributed by atoms with van der Waals surface area (Å²) in [6.45, 7) is 5.88. The Kier molecular flexibility index (Phi) is 5.27. The molecule has 2 N–H and O–H groups in total. The fraction of sp³-hybridized carbons (Fsp3) is 0.238. The molecule has 0 radical (unpaired) electrons. The largest absolute Gasteiger partial charge is 0.416 e. The Hall–Kier alpha value is -3.09. The lowest BCUT2D eigenvalue weighted by molar-refractivity contribution is -0.137. The van der Waals surface area contributed by atoms with Gasteiger partial charge < -0.3 is 5.32 Å². The first-order valence-corrected chi connectivity index (χ1v) is 8.84. The summed E-state index contributed by atoms with van der Waals surface area (Å²) in [6.07, 6.45) is -3.83. The Balaban J connectivity index is 1.93. The van der Waals surface area contributed by atoms with E-state index in [1.54, 1.807) is 0 Å². The predicted octanol–water partition coefficient (Wildman–Crippen LogP) is 5.53. The summed E-state index contributed by atoms with van der Waals surface area (Å²) >= 11 is 0. The number of aromatic amines is 1. The number of H-pyrrole nitrogens is 1. The second-order valence-corrected chi connectivity index (χ2v) is 6.63. The summed E-state index contributed by atoms with van der Waals surface area (Å²) in [7, 11) is 0. The Bertz CT molecular complexity index is 1000. The van der Waals surface area contributed by atoms with E-state index in [4.69, 9.17) is 0 Å². The van der Waals surface area contributed by atoms with Crippen molar-refractivity contribution in [2.24, 2.45) is 0 Å². The number of aryl methyl sites for hydroxylation is 3. The highest BCUT2D eigenvalue weighted by molar-refractivity contribution is 6.06. The molecule has 0 aliphatic carbocycles. The van der Waals surface area contributed by atoms with Crippen molar-refractivity contribution in [3.05, 3.63) is 70.4 Å². The highest BCUT2D eigenvalue weighted by Gasteiger charge is 2.30. The molecule has 0 spiro atoms. The minimum atomic E-state index is -4.44. The van der Waals surface area contributed by atoms with Crippen LogP contribution in [-0.2, 0) is 12.6 Å². The number of halogens is 3. The lowest BCUT2D eigenvalue weighted by Gasteiger charge is -2.11. The van der Waals surface area contributed by atoms with Crippen molar-refractivity contribution in [1.82, 2.24) is 10.2 Å². The van der Waals surface area contributed by atoms with Gasteiger partial charge in [-0.15, -0.1) is 0 Å². The lowest BCUT2D eigenvalue weighted by atomic mass is 10.0. The molecule has 0 fully saturated rings. The number of hydrogen-bond acceptors (Lipinski definition) is 2. The minimum absolute atomic E-state index is 0.142. The quantitative estimate of drug-likeness (QED) is 0.619. The van der Waals surface area contributed by atoms with E-state index in [-0.39, 0.29) is 5.56 Å². The van der Waals surface area contributed by atoms with Gasteiger partial charge in [0.05, 0.1) is 16.9 Å². The maximum atomic E-state index is 12.7. The maximum Gasteiger partial charge on any atom is 0.416 e. The molecule has 146 valence electrons. The number of anilines is 1. The first kappa shape index (κ1) is 19.7. The fourth-order valence-electron chi connectivity index (χ4n) is 3.04. The van der Waals surface area contributed by atoms with Gasteiger partial charge in [0.25, 0.3) is 5.91 Å². The Labute approximate surface area is 160 Å². The second kappa shape index (κ2) is 7.50. The van der Waals surface area contributed by atoms with Gasteiger partial charge in [0.15, 0.2) is 0 Å². The highest BCUT2D eigenvalue weighted by Crippen LogP contribution is 2.33. The van der Waals surface area contributed by atoms with Crippen molar-refractivity contribution >= 4 is 11.6 Å². The van der Waals surface area contributed by atoms with Gasteiger partial charge in [-0.2, -0.15) is 18.3 Å². The molecule has 0 bridgehead atoms. The summed E-state index contributed by atoms with van der Waals surface area (Å²) in [5, 5.41) is 10.1. The Morgan fingerprint density at radius 2 is 1.79 bits per heavy atom. The standard InChI is InChI=1S/C21H20F3N3O/c1-4-17-19(18(27-26-17)16-10-5-12(2)11-13(16)3)25-20(28)14-6-8-15(9-7-14)21(22,23)24/h5-11H,4H2,1-3H3,(H,25,28)(H,26,27). The first-order valence-electron chi connectivity index (χ1n) is 8.84. The average molecular weight is 387 g/mol. The van der Waals surface area contributed by atoms with Crippen molar-refractivity contribution in [2.45, 2.75) is 33.4 Å². The third-order valence-corrected chi connectivity index (χ3v) is 4.54. The number of benzene rings is 2. The van der Waals surface area contributed by atoms with Crippen LogP contribution in [-0.4, -0.2) is 16.1 Å². The van der Waals surface area contributed by atoms with Crippen molar-refractivity contribution < 1.29 is 18.0 Å². The van der Waals surface area contributed by atoms with E-state index in [1.165, 1.54) is 12.1 Å². The molecule has 0 unspecified atom stereocenters. The first-order chi connectivity index (χ1) is 13.2. The molecule has 2 aromatic carbocycles. The molecule has 0 aliphatic rings. The molecular formula is C21H20F3N3O. The van der Waals surface area contributed by atoms with E-state index < -0.39 is 17.6 Å². The van der Waals surface area contributed by atoms with Crippen LogP contribution in [0.2, 0.25) is 0 Å². The number of amides is 1. The van der Waals surface area contributed by atoms with Crippen LogP contribution in [0.15, 0.2) is 42.5 Å². The molecule has 28 heavy (non-hydrogen) atoms. The molecule has 0 aliphatic heterocycles. The van der Waals surface area contributed by atoms with E-state index in [0.717, 1.165) is 34.5 Å². The van der Waals surface area contributed by atoms with E-state index in [1.807, 2.05) is 39.0 Å². The van der Waals surface area contributed by atoms with Crippen molar-refractivity contribution in [2.75, 3.05) is 5.32 Å². The Morgan fingerprint density at radius 1 is 1.11 bits per heavy atom. The number of nitrogens with zero attached hydrogens (tertiary/aromatic N) is 1. The molecule has 4 nitrogen and oxygen atoms in total. The zero-order valence-electron chi connectivity index (χ0n) is 15.7. The molecule has 1 amide bonds. The minimum Gasteiger partial charge on any atom is -0.319 e. The van der Waals surface area contributed by atoms with Crippen LogP contribution >= 0.6 is 0 Å². The van der Waals surface area contributed by atoms with Crippen LogP contribution in [0.25, 0.3) is 11.3 Å². The van der Waals surface area contributed by atoms with Gasteiger partial charge in [-0.3, -0.25) is 9.89 Å². The third kappa shape index (κ3) is 3.93. The molecular weight excluding hydrogens is 367 g/mol. The normalized spacial score (nSPS) is 11.5. The summed E-state index contributed by atoms with van der Waals surface area (Å²) in [6, 6.07) is 10.1. The molecule has 3 rings (SSSR count). The van der Waals surface area contributed by atoms with Gasteiger partial charge >= 0.3 is 6.18 Å².